The van der Waals surface area contributed by atoms with Crippen molar-refractivity contribution in [1.29, 1.82) is 0 Å². The average molecular weight is 338 g/mol. The Hall–Kier alpha value is -2.99. The van der Waals surface area contributed by atoms with Gasteiger partial charge >= 0.3 is 5.97 Å². The van der Waals surface area contributed by atoms with E-state index >= 15 is 0 Å². The molecule has 6 heteroatoms. The van der Waals surface area contributed by atoms with Gasteiger partial charge in [0.05, 0.1) is 17.8 Å². The number of carbonyl (C=O) groups is 1. The number of aliphatic hydroxyl groups excluding tert-OH is 1. The van der Waals surface area contributed by atoms with Crippen LogP contribution in [0.2, 0.25) is 0 Å². The average Bonchev–Trinajstić information content (AvgIpc) is 2.60. The third kappa shape index (κ3) is 3.04. The van der Waals surface area contributed by atoms with E-state index in [1.165, 1.54) is 6.20 Å². The molecule has 2 aromatic heterocycles. The van der Waals surface area contributed by atoms with Crippen molar-refractivity contribution in [2.45, 2.75) is 27.0 Å². The monoisotopic (exact) mass is 338 g/mol. The van der Waals surface area contributed by atoms with Crippen LogP contribution < -0.4 is 5.43 Å². The fourth-order valence-electron chi connectivity index (χ4n) is 2.97. The summed E-state index contributed by atoms with van der Waals surface area (Å²) in [5.41, 5.74) is 3.08. The van der Waals surface area contributed by atoms with Crippen molar-refractivity contribution in [2.24, 2.45) is 0 Å². The lowest BCUT2D eigenvalue weighted by Crippen LogP contribution is -2.18. The summed E-state index contributed by atoms with van der Waals surface area (Å²) in [6, 6.07) is 9.00. The summed E-state index contributed by atoms with van der Waals surface area (Å²) in [7, 11) is 0. The first-order chi connectivity index (χ1) is 11.9. The van der Waals surface area contributed by atoms with Gasteiger partial charge in [0.25, 0.3) is 0 Å². The number of carboxylic acids is 1. The van der Waals surface area contributed by atoms with E-state index in [9.17, 15) is 19.8 Å². The highest BCUT2D eigenvalue weighted by molar-refractivity contribution is 5.93. The zero-order chi connectivity index (χ0) is 18.1. The quantitative estimate of drug-likeness (QED) is 0.763. The van der Waals surface area contributed by atoms with Gasteiger partial charge in [-0.25, -0.2) is 4.79 Å². The van der Waals surface area contributed by atoms with E-state index in [2.05, 4.69) is 4.98 Å². The van der Waals surface area contributed by atoms with E-state index in [0.717, 1.165) is 16.8 Å². The van der Waals surface area contributed by atoms with Crippen LogP contribution in [0.4, 0.5) is 0 Å². The molecule has 0 amide bonds. The molecule has 3 rings (SSSR count). The highest BCUT2D eigenvalue weighted by Gasteiger charge is 2.15. The molecule has 0 aliphatic rings. The van der Waals surface area contributed by atoms with Crippen molar-refractivity contribution in [2.75, 3.05) is 0 Å². The van der Waals surface area contributed by atoms with Crippen molar-refractivity contribution in [3.8, 4) is 11.1 Å². The van der Waals surface area contributed by atoms with Crippen molar-refractivity contribution < 1.29 is 15.0 Å². The molecule has 128 valence electrons. The normalized spacial score (nSPS) is 11.0. The lowest BCUT2D eigenvalue weighted by molar-refractivity contribution is 0.0695. The van der Waals surface area contributed by atoms with Gasteiger partial charge in [-0.15, -0.1) is 0 Å². The lowest BCUT2D eigenvalue weighted by Gasteiger charge is -2.12. The van der Waals surface area contributed by atoms with Gasteiger partial charge in [-0.1, -0.05) is 6.07 Å². The van der Waals surface area contributed by atoms with Crippen molar-refractivity contribution in [1.82, 2.24) is 9.55 Å². The number of aromatic nitrogens is 2. The Bertz CT molecular complexity index is 1040. The van der Waals surface area contributed by atoms with E-state index < -0.39 is 11.4 Å². The summed E-state index contributed by atoms with van der Waals surface area (Å²) >= 11 is 0. The molecule has 0 atom stereocenters. The number of fused-ring (bicyclic) bond motifs is 1. The zero-order valence-corrected chi connectivity index (χ0v) is 14.0. The molecule has 0 aliphatic heterocycles. The Labute approximate surface area is 144 Å². The Morgan fingerprint density at radius 3 is 2.60 bits per heavy atom. The van der Waals surface area contributed by atoms with Crippen LogP contribution in [0.3, 0.4) is 0 Å². The second kappa shape index (κ2) is 6.49. The lowest BCUT2D eigenvalue weighted by atomic mass is 10.0. The van der Waals surface area contributed by atoms with Gasteiger partial charge in [-0.3, -0.25) is 9.78 Å². The molecule has 6 nitrogen and oxygen atoms in total. The largest absolute Gasteiger partial charge is 0.477 e. The number of rotatable bonds is 4. The molecule has 0 unspecified atom stereocenters. The maximum Gasteiger partial charge on any atom is 0.341 e. The first kappa shape index (κ1) is 16.9. The van der Waals surface area contributed by atoms with Crippen molar-refractivity contribution in [3.63, 3.8) is 0 Å². The molecule has 0 radical (unpaired) electrons. The van der Waals surface area contributed by atoms with Crippen molar-refractivity contribution >= 4 is 16.9 Å². The van der Waals surface area contributed by atoms with Gasteiger partial charge in [0, 0.05) is 23.8 Å². The van der Waals surface area contributed by atoms with E-state index in [1.54, 1.807) is 22.8 Å². The third-order valence-electron chi connectivity index (χ3n) is 4.15. The van der Waals surface area contributed by atoms with Gasteiger partial charge in [-0.05, 0) is 49.2 Å². The number of carboxylic acid groups (broad SMARTS) is 1. The topological polar surface area (TPSA) is 92.4 Å². The van der Waals surface area contributed by atoms with Crippen LogP contribution in [0.1, 0.15) is 28.7 Å². The van der Waals surface area contributed by atoms with E-state index in [0.29, 0.717) is 23.1 Å². The molecule has 1 aromatic carbocycles. The third-order valence-corrected chi connectivity index (χ3v) is 4.15. The summed E-state index contributed by atoms with van der Waals surface area (Å²) < 4.78 is 1.75. The SMILES string of the molecule is CCn1cc(C(=O)O)c(=O)c2ccc(-c3cc(C)nc(CO)c3)cc21. The number of benzene rings is 1. The minimum Gasteiger partial charge on any atom is -0.477 e. The fraction of sp³-hybridized carbons (Fsp3) is 0.211. The predicted octanol–water partition coefficient (Wildman–Crippen LogP) is 2.58. The fourth-order valence-corrected chi connectivity index (χ4v) is 2.97. The smallest absolute Gasteiger partial charge is 0.341 e. The van der Waals surface area contributed by atoms with Gasteiger partial charge in [0.1, 0.15) is 5.56 Å². The second-order valence-electron chi connectivity index (χ2n) is 5.84. The summed E-state index contributed by atoms with van der Waals surface area (Å²) in [6.45, 7) is 4.13. The number of aliphatic hydroxyl groups is 1. The molecule has 2 heterocycles. The summed E-state index contributed by atoms with van der Waals surface area (Å²) in [5.74, 6) is -1.23. The minimum atomic E-state index is -1.23. The summed E-state index contributed by atoms with van der Waals surface area (Å²) in [6.07, 6.45) is 1.38. The Balaban J connectivity index is 2.28. The Morgan fingerprint density at radius 1 is 1.20 bits per heavy atom. The van der Waals surface area contributed by atoms with Crippen molar-refractivity contribution in [3.05, 3.63) is 63.7 Å². The molecular formula is C19H18N2O4. The van der Waals surface area contributed by atoms with E-state index in [4.69, 9.17) is 0 Å². The van der Waals surface area contributed by atoms with Crippen LogP contribution >= 0.6 is 0 Å². The standard InChI is InChI=1S/C19H18N2O4/c1-3-21-9-16(19(24)25)18(23)15-5-4-12(8-17(15)21)13-6-11(2)20-14(7-13)10-22/h4-9,22H,3,10H2,1-2H3,(H,24,25). The molecule has 0 bridgehead atoms. The number of pyridine rings is 2. The van der Waals surface area contributed by atoms with Gasteiger partial charge in [-0.2, -0.15) is 0 Å². The molecule has 0 saturated carbocycles. The Morgan fingerprint density at radius 2 is 1.96 bits per heavy atom. The molecular weight excluding hydrogens is 320 g/mol. The van der Waals surface area contributed by atoms with Crippen LogP contribution in [0.5, 0.6) is 0 Å². The number of nitrogens with zero attached hydrogens (tertiary/aromatic N) is 2. The number of hydrogen-bond donors (Lipinski definition) is 2. The number of hydrogen-bond acceptors (Lipinski definition) is 4. The van der Waals surface area contributed by atoms with E-state index in [-0.39, 0.29) is 12.2 Å². The van der Waals surface area contributed by atoms with Gasteiger partial charge < -0.3 is 14.8 Å². The van der Waals surface area contributed by atoms with Crippen LogP contribution in [0.15, 0.2) is 41.3 Å². The minimum absolute atomic E-state index is 0.149. The van der Waals surface area contributed by atoms with Gasteiger partial charge in [0.15, 0.2) is 0 Å². The predicted molar refractivity (Wildman–Crippen MR) is 94.7 cm³/mol. The molecule has 0 spiro atoms. The number of aryl methyl sites for hydroxylation is 2. The second-order valence-corrected chi connectivity index (χ2v) is 5.84. The summed E-state index contributed by atoms with van der Waals surface area (Å²) in [5, 5.41) is 18.9. The molecule has 0 aliphatic carbocycles. The maximum absolute atomic E-state index is 12.4. The maximum atomic E-state index is 12.4. The van der Waals surface area contributed by atoms with Crippen LogP contribution in [0.25, 0.3) is 22.0 Å². The highest BCUT2D eigenvalue weighted by Crippen LogP contribution is 2.25. The van der Waals surface area contributed by atoms with Crippen LogP contribution in [-0.2, 0) is 13.2 Å². The van der Waals surface area contributed by atoms with Gasteiger partial charge in [0.2, 0.25) is 5.43 Å². The zero-order valence-electron chi connectivity index (χ0n) is 14.0. The molecule has 25 heavy (non-hydrogen) atoms. The highest BCUT2D eigenvalue weighted by atomic mass is 16.4. The molecule has 0 saturated heterocycles. The van der Waals surface area contributed by atoms with Crippen LogP contribution in [0, 0.1) is 6.92 Å². The first-order valence-corrected chi connectivity index (χ1v) is 7.94. The number of aromatic carboxylic acids is 1. The molecule has 0 fully saturated rings. The Kier molecular flexibility index (Phi) is 4.37. The summed E-state index contributed by atoms with van der Waals surface area (Å²) in [4.78, 5) is 27.9. The van der Waals surface area contributed by atoms with Crippen LogP contribution in [-0.4, -0.2) is 25.7 Å². The molecule has 3 aromatic rings. The van der Waals surface area contributed by atoms with E-state index in [1.807, 2.05) is 26.0 Å². The first-order valence-electron chi connectivity index (χ1n) is 7.94. The molecule has 2 N–H and O–H groups in total.